The Morgan fingerprint density at radius 3 is 2.53 bits per heavy atom. The number of hydrogen-bond acceptors (Lipinski definition) is 8. The predicted molar refractivity (Wildman–Crippen MR) is 131 cm³/mol. The molecule has 3 rings (SSSR count). The molecule has 8 nitrogen and oxygen atoms in total. The smallest absolute Gasteiger partial charge is 0.325 e. The summed E-state index contributed by atoms with van der Waals surface area (Å²) in [6, 6.07) is 14.6. The molecule has 1 heterocycles. The van der Waals surface area contributed by atoms with Crippen LogP contribution in [0.3, 0.4) is 0 Å². The molecular formula is C24H26N2O6S2. The first-order valence-electron chi connectivity index (χ1n) is 10.8. The third kappa shape index (κ3) is 6.54. The van der Waals surface area contributed by atoms with Crippen LogP contribution in [0.15, 0.2) is 54.6 Å². The molecule has 0 unspecified atom stereocenters. The van der Waals surface area contributed by atoms with Crippen LogP contribution < -0.4 is 5.32 Å². The highest BCUT2D eigenvalue weighted by molar-refractivity contribution is 8.14. The van der Waals surface area contributed by atoms with Crippen LogP contribution in [-0.2, 0) is 19.1 Å². The van der Waals surface area contributed by atoms with Crippen LogP contribution in [0.25, 0.3) is 0 Å². The Morgan fingerprint density at radius 2 is 1.82 bits per heavy atom. The van der Waals surface area contributed by atoms with Crippen LogP contribution in [0.1, 0.15) is 34.6 Å². The summed E-state index contributed by atoms with van der Waals surface area (Å²) in [6.45, 7) is 1.58. The van der Waals surface area contributed by atoms with Crippen molar-refractivity contribution in [3.05, 3.63) is 65.7 Å². The number of benzene rings is 2. The standard InChI is InChI=1S/C24H26N2O6S2/c1-2-32-21(29)14-25-22(30)18-15-34-23(17-10-6-7-11-19(17)27)26(18)20(28)12-13-33-24(31)16-8-4-3-5-9-16/h3-11,18,23,27H,2,12-15H2,1H3,(H,25,30)/t18-,23+/m0/s1. The molecule has 0 radical (unpaired) electrons. The van der Waals surface area contributed by atoms with Gasteiger partial charge in [-0.2, -0.15) is 0 Å². The van der Waals surface area contributed by atoms with Gasteiger partial charge in [0.2, 0.25) is 16.9 Å². The lowest BCUT2D eigenvalue weighted by molar-refractivity contribution is -0.144. The van der Waals surface area contributed by atoms with Crippen LogP contribution in [0.5, 0.6) is 5.75 Å². The summed E-state index contributed by atoms with van der Waals surface area (Å²) in [5.74, 6) is -0.775. The van der Waals surface area contributed by atoms with E-state index < -0.39 is 23.3 Å². The number of phenols is 1. The normalized spacial score (nSPS) is 17.3. The van der Waals surface area contributed by atoms with E-state index in [0.29, 0.717) is 16.9 Å². The zero-order valence-corrected chi connectivity index (χ0v) is 20.3. The van der Waals surface area contributed by atoms with E-state index in [-0.39, 0.29) is 42.1 Å². The van der Waals surface area contributed by atoms with Gasteiger partial charge < -0.3 is 20.1 Å². The molecule has 0 saturated carbocycles. The second kappa shape index (κ2) is 12.5. The van der Waals surface area contributed by atoms with Gasteiger partial charge in [-0.1, -0.05) is 60.3 Å². The van der Waals surface area contributed by atoms with E-state index in [2.05, 4.69) is 5.32 Å². The Balaban J connectivity index is 1.70. The molecule has 34 heavy (non-hydrogen) atoms. The van der Waals surface area contributed by atoms with Gasteiger partial charge in [-0.3, -0.25) is 19.2 Å². The first-order valence-corrected chi connectivity index (χ1v) is 12.8. The number of hydrogen-bond donors (Lipinski definition) is 2. The second-order valence-corrected chi connectivity index (χ2v) is 9.52. The summed E-state index contributed by atoms with van der Waals surface area (Å²) in [4.78, 5) is 51.5. The zero-order valence-electron chi connectivity index (χ0n) is 18.6. The van der Waals surface area contributed by atoms with E-state index in [1.54, 1.807) is 49.4 Å². The maximum absolute atomic E-state index is 13.2. The first-order chi connectivity index (χ1) is 16.4. The van der Waals surface area contributed by atoms with Gasteiger partial charge in [-0.25, -0.2) is 0 Å². The molecule has 1 aliphatic rings. The molecule has 0 bridgehead atoms. The number of thioether (sulfide) groups is 2. The highest BCUT2D eigenvalue weighted by Crippen LogP contribution is 2.44. The van der Waals surface area contributed by atoms with E-state index in [4.69, 9.17) is 4.74 Å². The van der Waals surface area contributed by atoms with Crippen molar-refractivity contribution < 1.29 is 29.0 Å². The van der Waals surface area contributed by atoms with E-state index in [1.165, 1.54) is 22.7 Å². The Morgan fingerprint density at radius 1 is 1.12 bits per heavy atom. The van der Waals surface area contributed by atoms with Crippen molar-refractivity contribution in [1.82, 2.24) is 10.2 Å². The van der Waals surface area contributed by atoms with E-state index >= 15 is 0 Å². The summed E-state index contributed by atoms with van der Waals surface area (Å²) in [6.07, 6.45) is 0.0373. The van der Waals surface area contributed by atoms with Crippen molar-refractivity contribution in [3.63, 3.8) is 0 Å². The maximum atomic E-state index is 13.2. The van der Waals surface area contributed by atoms with Crippen molar-refractivity contribution in [2.45, 2.75) is 24.8 Å². The zero-order chi connectivity index (χ0) is 24.5. The lowest BCUT2D eigenvalue weighted by Crippen LogP contribution is -2.49. The molecule has 180 valence electrons. The third-order valence-corrected chi connectivity index (χ3v) is 7.28. The molecule has 0 aromatic heterocycles. The minimum absolute atomic E-state index is 0.0269. The summed E-state index contributed by atoms with van der Waals surface area (Å²) < 4.78 is 4.84. The summed E-state index contributed by atoms with van der Waals surface area (Å²) in [5, 5.41) is 12.2. The van der Waals surface area contributed by atoms with E-state index in [0.717, 1.165) is 11.8 Å². The number of nitrogens with zero attached hydrogens (tertiary/aromatic N) is 1. The predicted octanol–water partition coefficient (Wildman–Crippen LogP) is 2.98. The molecule has 1 saturated heterocycles. The number of carbonyl (C=O) groups excluding carboxylic acids is 4. The SMILES string of the molecule is CCOC(=O)CNC(=O)[C@@H]1CS[C@H](c2ccccc2O)N1C(=O)CCSC(=O)c1ccccc1. The van der Waals surface area contributed by atoms with Gasteiger partial charge in [0, 0.05) is 29.1 Å². The number of amides is 2. The van der Waals surface area contributed by atoms with Gasteiger partial charge in [0.25, 0.3) is 0 Å². The number of rotatable bonds is 9. The average molecular weight is 503 g/mol. The monoisotopic (exact) mass is 502 g/mol. The number of carbonyl (C=O) groups is 4. The quantitative estimate of drug-likeness (QED) is 0.503. The Hall–Kier alpha value is -2.98. The molecular weight excluding hydrogens is 476 g/mol. The van der Waals surface area contributed by atoms with Crippen LogP contribution in [0.2, 0.25) is 0 Å². The van der Waals surface area contributed by atoms with Crippen molar-refractivity contribution >= 4 is 46.4 Å². The lowest BCUT2D eigenvalue weighted by atomic mass is 10.1. The number of nitrogens with one attached hydrogen (secondary N) is 1. The molecule has 2 amide bonds. The van der Waals surface area contributed by atoms with Crippen molar-refractivity contribution in [2.24, 2.45) is 0 Å². The molecule has 1 aliphatic heterocycles. The minimum atomic E-state index is -0.827. The number of para-hydroxylation sites is 1. The molecule has 10 heteroatoms. The van der Waals surface area contributed by atoms with Gasteiger partial charge in [-0.05, 0) is 13.0 Å². The van der Waals surface area contributed by atoms with Gasteiger partial charge in [-0.15, -0.1) is 11.8 Å². The van der Waals surface area contributed by atoms with Crippen LogP contribution in [0, 0.1) is 0 Å². The Bertz CT molecular complexity index is 1030. The van der Waals surface area contributed by atoms with Gasteiger partial charge in [0.15, 0.2) is 0 Å². The average Bonchev–Trinajstić information content (AvgIpc) is 3.28. The fourth-order valence-electron chi connectivity index (χ4n) is 3.46. The number of phenolic OH excluding ortho intramolecular Hbond substituents is 1. The molecule has 2 N–H and O–H groups in total. The number of ether oxygens (including phenoxy) is 1. The van der Waals surface area contributed by atoms with Crippen molar-refractivity contribution in [2.75, 3.05) is 24.7 Å². The van der Waals surface area contributed by atoms with Gasteiger partial charge >= 0.3 is 5.97 Å². The Kier molecular flexibility index (Phi) is 9.41. The first kappa shape index (κ1) is 25.6. The van der Waals surface area contributed by atoms with E-state index in [1.807, 2.05) is 6.07 Å². The van der Waals surface area contributed by atoms with Gasteiger partial charge in [0.1, 0.15) is 23.7 Å². The summed E-state index contributed by atoms with van der Waals surface area (Å²) >= 11 is 2.40. The highest BCUT2D eigenvalue weighted by Gasteiger charge is 2.42. The van der Waals surface area contributed by atoms with Crippen LogP contribution in [0.4, 0.5) is 0 Å². The molecule has 2 aromatic carbocycles. The molecule has 0 spiro atoms. The Labute approximate surface area is 206 Å². The topological polar surface area (TPSA) is 113 Å². The van der Waals surface area contributed by atoms with Crippen molar-refractivity contribution in [1.29, 1.82) is 0 Å². The van der Waals surface area contributed by atoms with Crippen LogP contribution >= 0.6 is 23.5 Å². The summed E-state index contributed by atoms with van der Waals surface area (Å²) in [5.41, 5.74) is 1.08. The lowest BCUT2D eigenvalue weighted by Gasteiger charge is -2.29. The largest absolute Gasteiger partial charge is 0.508 e. The molecule has 0 aliphatic carbocycles. The fourth-order valence-corrected chi connectivity index (χ4v) is 5.70. The van der Waals surface area contributed by atoms with E-state index in [9.17, 15) is 24.3 Å². The fraction of sp³-hybridized carbons (Fsp3) is 0.333. The molecule has 1 fully saturated rings. The highest BCUT2D eigenvalue weighted by atomic mass is 32.2. The third-order valence-electron chi connectivity index (χ3n) is 5.06. The second-order valence-electron chi connectivity index (χ2n) is 7.34. The molecule has 2 atom stereocenters. The molecule has 2 aromatic rings. The minimum Gasteiger partial charge on any atom is -0.508 e. The van der Waals surface area contributed by atoms with Gasteiger partial charge in [0.05, 0.1) is 6.61 Å². The van der Waals surface area contributed by atoms with Crippen molar-refractivity contribution in [3.8, 4) is 5.75 Å². The number of esters is 1. The summed E-state index contributed by atoms with van der Waals surface area (Å²) in [7, 11) is 0. The maximum Gasteiger partial charge on any atom is 0.325 e. The van der Waals surface area contributed by atoms with Crippen LogP contribution in [-0.4, -0.2) is 63.6 Å². The number of aromatic hydroxyl groups is 1.